The van der Waals surface area contributed by atoms with Crippen LogP contribution in [-0.2, 0) is 9.53 Å². The molecule has 150 valence electrons. The molecule has 2 aliphatic heterocycles. The Hall–Kier alpha value is -1.38. The van der Waals surface area contributed by atoms with Gasteiger partial charge >= 0.3 is 0 Å². The first-order valence-electron chi connectivity index (χ1n) is 9.84. The molecule has 7 nitrogen and oxygen atoms in total. The monoisotopic (exact) mass is 393 g/mol. The zero-order chi connectivity index (χ0) is 19.1. The van der Waals surface area contributed by atoms with Crippen molar-refractivity contribution in [3.05, 3.63) is 12.3 Å². The molecule has 1 aromatic heterocycles. The van der Waals surface area contributed by atoms with Crippen molar-refractivity contribution in [3.8, 4) is 0 Å². The minimum Gasteiger partial charge on any atom is -0.383 e. The van der Waals surface area contributed by atoms with Crippen molar-refractivity contribution in [2.75, 3.05) is 57.6 Å². The van der Waals surface area contributed by atoms with Gasteiger partial charge < -0.3 is 15.0 Å². The Kier molecular flexibility index (Phi) is 7.72. The topological polar surface area (TPSA) is 70.6 Å². The third-order valence-corrected chi connectivity index (χ3v) is 6.10. The van der Waals surface area contributed by atoms with Crippen molar-refractivity contribution in [1.29, 1.82) is 0 Å². The maximum Gasteiger partial charge on any atom is 0.224 e. The first-order chi connectivity index (χ1) is 13.2. The summed E-state index contributed by atoms with van der Waals surface area (Å²) in [6, 6.07) is 2.57. The van der Waals surface area contributed by atoms with Crippen LogP contribution < -0.4 is 10.2 Å². The molecule has 3 heterocycles. The van der Waals surface area contributed by atoms with E-state index in [1.807, 2.05) is 18.5 Å². The zero-order valence-corrected chi connectivity index (χ0v) is 17.2. The van der Waals surface area contributed by atoms with Gasteiger partial charge in [0.1, 0.15) is 5.82 Å². The van der Waals surface area contributed by atoms with Crippen LogP contribution >= 0.6 is 11.8 Å². The second kappa shape index (κ2) is 10.2. The van der Waals surface area contributed by atoms with E-state index in [0.29, 0.717) is 19.2 Å². The van der Waals surface area contributed by atoms with Gasteiger partial charge in [-0.05, 0) is 44.6 Å². The highest BCUT2D eigenvalue weighted by Crippen LogP contribution is 2.26. The number of ether oxygens (including phenoxy) is 1. The first-order valence-corrected chi connectivity index (χ1v) is 11.1. The average molecular weight is 394 g/mol. The van der Waals surface area contributed by atoms with Crippen molar-refractivity contribution in [3.63, 3.8) is 0 Å². The molecule has 1 aromatic rings. The number of anilines is 1. The lowest BCUT2D eigenvalue weighted by Gasteiger charge is -2.42. The highest BCUT2D eigenvalue weighted by molar-refractivity contribution is 7.98. The summed E-state index contributed by atoms with van der Waals surface area (Å²) in [4.78, 5) is 26.2. The van der Waals surface area contributed by atoms with Crippen molar-refractivity contribution in [2.45, 2.75) is 36.9 Å². The van der Waals surface area contributed by atoms with Crippen LogP contribution in [0.4, 0.5) is 5.82 Å². The van der Waals surface area contributed by atoms with Gasteiger partial charge in [-0.1, -0.05) is 11.8 Å². The maximum absolute atomic E-state index is 12.4. The summed E-state index contributed by atoms with van der Waals surface area (Å²) in [5, 5.41) is 3.83. The maximum atomic E-state index is 12.4. The molecule has 0 radical (unpaired) electrons. The number of piperidine rings is 2. The lowest BCUT2D eigenvalue weighted by Crippen LogP contribution is -2.51. The number of aromatic nitrogens is 2. The molecule has 0 saturated carbocycles. The lowest BCUT2D eigenvalue weighted by molar-refractivity contribution is -0.127. The molecule has 8 heteroatoms. The summed E-state index contributed by atoms with van der Waals surface area (Å²) in [5.74, 6) is 1.32. The molecule has 0 bridgehead atoms. The SMILES string of the molecule is COCCNC(=O)[C@H]1CCCN(C2CCN(c3ccnc(SC)n3)CC2)C1. The number of carbonyl (C=O) groups is 1. The van der Waals surface area contributed by atoms with Crippen LogP contribution in [0.25, 0.3) is 0 Å². The Morgan fingerprint density at radius 1 is 1.33 bits per heavy atom. The molecular weight excluding hydrogens is 362 g/mol. The summed E-state index contributed by atoms with van der Waals surface area (Å²) in [5.41, 5.74) is 0. The number of hydrogen-bond acceptors (Lipinski definition) is 7. The van der Waals surface area contributed by atoms with E-state index >= 15 is 0 Å². The molecule has 0 unspecified atom stereocenters. The molecule has 1 N–H and O–H groups in total. The van der Waals surface area contributed by atoms with Crippen molar-refractivity contribution in [2.24, 2.45) is 5.92 Å². The summed E-state index contributed by atoms with van der Waals surface area (Å²) >= 11 is 1.58. The Labute approximate surface area is 166 Å². The average Bonchev–Trinajstić information content (AvgIpc) is 2.74. The van der Waals surface area contributed by atoms with Crippen LogP contribution in [0, 0.1) is 5.92 Å². The van der Waals surface area contributed by atoms with E-state index in [9.17, 15) is 4.79 Å². The van der Waals surface area contributed by atoms with E-state index in [4.69, 9.17) is 4.74 Å². The van der Waals surface area contributed by atoms with Crippen LogP contribution in [0.1, 0.15) is 25.7 Å². The van der Waals surface area contributed by atoms with Crippen LogP contribution in [0.5, 0.6) is 0 Å². The Morgan fingerprint density at radius 3 is 2.89 bits per heavy atom. The van der Waals surface area contributed by atoms with Gasteiger partial charge in [0.2, 0.25) is 5.91 Å². The van der Waals surface area contributed by atoms with Crippen LogP contribution in [0.2, 0.25) is 0 Å². The second-order valence-electron chi connectivity index (χ2n) is 7.24. The Bertz CT molecular complexity index is 610. The summed E-state index contributed by atoms with van der Waals surface area (Å²) < 4.78 is 5.02. The normalized spacial score (nSPS) is 22.0. The standard InChI is InChI=1S/C19H31N5O2S/c1-26-13-9-20-18(25)15-4-3-10-24(14-15)16-6-11-23(12-7-16)17-5-8-21-19(22-17)27-2/h5,8,15-16H,3-4,6-7,9-14H2,1-2H3,(H,20,25)/t15-/m0/s1. The summed E-state index contributed by atoms with van der Waals surface area (Å²) in [6.07, 6.45) is 8.19. The Balaban J connectivity index is 1.49. The lowest BCUT2D eigenvalue weighted by atomic mass is 9.93. The van der Waals surface area contributed by atoms with Crippen molar-refractivity contribution < 1.29 is 9.53 Å². The smallest absolute Gasteiger partial charge is 0.224 e. The largest absolute Gasteiger partial charge is 0.383 e. The fraction of sp³-hybridized carbons (Fsp3) is 0.737. The van der Waals surface area contributed by atoms with E-state index in [0.717, 1.165) is 62.8 Å². The van der Waals surface area contributed by atoms with Gasteiger partial charge in [0.05, 0.1) is 12.5 Å². The van der Waals surface area contributed by atoms with Crippen molar-refractivity contribution >= 4 is 23.5 Å². The van der Waals surface area contributed by atoms with Gasteiger partial charge in [0.15, 0.2) is 5.16 Å². The second-order valence-corrected chi connectivity index (χ2v) is 8.01. The van der Waals surface area contributed by atoms with Crippen LogP contribution in [0.3, 0.4) is 0 Å². The fourth-order valence-electron chi connectivity index (χ4n) is 4.04. The third kappa shape index (κ3) is 5.56. The third-order valence-electron chi connectivity index (χ3n) is 5.54. The number of nitrogens with one attached hydrogen (secondary N) is 1. The molecule has 1 amide bonds. The molecule has 2 aliphatic rings. The molecule has 2 fully saturated rings. The van der Waals surface area contributed by atoms with Gasteiger partial charge in [0, 0.05) is 45.5 Å². The number of amides is 1. The van der Waals surface area contributed by atoms with Gasteiger partial charge in [-0.2, -0.15) is 0 Å². The fourth-order valence-corrected chi connectivity index (χ4v) is 4.39. The van der Waals surface area contributed by atoms with Crippen LogP contribution in [0.15, 0.2) is 17.4 Å². The number of carbonyl (C=O) groups excluding carboxylic acids is 1. The Morgan fingerprint density at radius 2 is 2.15 bits per heavy atom. The van der Waals surface area contributed by atoms with E-state index in [-0.39, 0.29) is 11.8 Å². The minimum absolute atomic E-state index is 0.111. The number of nitrogens with zero attached hydrogens (tertiary/aromatic N) is 4. The molecule has 1 atom stereocenters. The number of methoxy groups -OCH3 is 1. The number of hydrogen-bond donors (Lipinski definition) is 1. The number of likely N-dealkylation sites (tertiary alicyclic amines) is 1. The van der Waals surface area contributed by atoms with E-state index in [1.165, 1.54) is 0 Å². The number of thioether (sulfide) groups is 1. The minimum atomic E-state index is 0.111. The first kappa shape index (κ1) is 20.4. The van der Waals surface area contributed by atoms with E-state index in [2.05, 4.69) is 25.1 Å². The predicted molar refractivity (Wildman–Crippen MR) is 108 cm³/mol. The molecule has 2 saturated heterocycles. The van der Waals surface area contributed by atoms with Gasteiger partial charge in [-0.25, -0.2) is 9.97 Å². The molecular formula is C19H31N5O2S. The van der Waals surface area contributed by atoms with E-state index in [1.54, 1.807) is 18.9 Å². The van der Waals surface area contributed by atoms with Gasteiger partial charge in [-0.3, -0.25) is 9.69 Å². The molecule has 27 heavy (non-hydrogen) atoms. The quantitative estimate of drug-likeness (QED) is 0.429. The zero-order valence-electron chi connectivity index (χ0n) is 16.4. The van der Waals surface area contributed by atoms with Crippen molar-refractivity contribution in [1.82, 2.24) is 20.2 Å². The molecule has 3 rings (SSSR count). The molecule has 0 aliphatic carbocycles. The van der Waals surface area contributed by atoms with Gasteiger partial charge in [-0.15, -0.1) is 0 Å². The predicted octanol–water partition coefficient (Wildman–Crippen LogP) is 1.64. The van der Waals surface area contributed by atoms with Gasteiger partial charge in [0.25, 0.3) is 0 Å². The molecule has 0 aromatic carbocycles. The number of rotatable bonds is 7. The molecule has 0 spiro atoms. The summed E-state index contributed by atoms with van der Waals surface area (Å²) in [6.45, 7) is 5.18. The highest BCUT2D eigenvalue weighted by Gasteiger charge is 2.31. The van der Waals surface area contributed by atoms with Crippen LogP contribution in [-0.4, -0.2) is 79.5 Å². The van der Waals surface area contributed by atoms with E-state index < -0.39 is 0 Å². The highest BCUT2D eigenvalue weighted by atomic mass is 32.2. The summed E-state index contributed by atoms with van der Waals surface area (Å²) in [7, 11) is 1.66.